The first-order valence-corrected chi connectivity index (χ1v) is 5.53. The Bertz CT molecular complexity index is 399. The summed E-state index contributed by atoms with van der Waals surface area (Å²) in [6, 6.07) is 0. The molecule has 0 spiro atoms. The van der Waals surface area contributed by atoms with Gasteiger partial charge in [-0.1, -0.05) is 6.92 Å². The standard InChI is InChI=1S/C8H14N2O3.C2HF3O2/c1-5-6(11)10-4-2-3-8(5,9)7(12)13;3-2(4,5)1(6)7/h5H,2-4,9H2,1H3,(H,10,11)(H,12,13);(H,6,7)/t5-,8+;/m1./s1. The molecule has 0 aromatic carbocycles. The predicted molar refractivity (Wildman–Crippen MR) is 59.7 cm³/mol. The van der Waals surface area contributed by atoms with Crippen LogP contribution in [0.5, 0.6) is 0 Å². The molecule has 1 rings (SSSR count). The number of alkyl halides is 3. The fraction of sp³-hybridized carbons (Fsp3) is 0.700. The summed E-state index contributed by atoms with van der Waals surface area (Å²) in [4.78, 5) is 31.1. The topological polar surface area (TPSA) is 130 Å². The third-order valence-electron chi connectivity index (χ3n) is 2.87. The van der Waals surface area contributed by atoms with E-state index in [1.165, 1.54) is 0 Å². The van der Waals surface area contributed by atoms with E-state index in [1.54, 1.807) is 6.92 Å². The Balaban J connectivity index is 0.000000441. The van der Waals surface area contributed by atoms with E-state index in [0.29, 0.717) is 19.4 Å². The smallest absolute Gasteiger partial charge is 0.480 e. The highest BCUT2D eigenvalue weighted by molar-refractivity contribution is 5.89. The van der Waals surface area contributed by atoms with Gasteiger partial charge in [-0.2, -0.15) is 13.2 Å². The van der Waals surface area contributed by atoms with Crippen molar-refractivity contribution in [1.82, 2.24) is 5.32 Å². The number of carboxylic acid groups (broad SMARTS) is 2. The molecule has 2 atom stereocenters. The van der Waals surface area contributed by atoms with Gasteiger partial charge in [0.05, 0.1) is 5.92 Å². The van der Waals surface area contributed by atoms with Crippen molar-refractivity contribution in [3.8, 4) is 0 Å². The zero-order chi connectivity index (χ0) is 16.1. The van der Waals surface area contributed by atoms with Gasteiger partial charge in [0.15, 0.2) is 0 Å². The molecule has 0 aliphatic carbocycles. The molecule has 1 heterocycles. The first kappa shape index (κ1) is 18.2. The summed E-state index contributed by atoms with van der Waals surface area (Å²) in [7, 11) is 0. The quantitative estimate of drug-likeness (QED) is 0.537. The molecule has 116 valence electrons. The van der Waals surface area contributed by atoms with Gasteiger partial charge in [-0.15, -0.1) is 0 Å². The molecule has 0 bridgehead atoms. The average molecular weight is 300 g/mol. The number of carbonyl (C=O) groups is 3. The van der Waals surface area contributed by atoms with Crippen molar-refractivity contribution in [2.45, 2.75) is 31.5 Å². The second-order valence-corrected chi connectivity index (χ2v) is 4.26. The molecule has 0 saturated carbocycles. The van der Waals surface area contributed by atoms with Crippen molar-refractivity contribution in [1.29, 1.82) is 0 Å². The van der Waals surface area contributed by atoms with E-state index < -0.39 is 29.6 Å². The maximum absolute atomic E-state index is 11.3. The highest BCUT2D eigenvalue weighted by Crippen LogP contribution is 2.23. The molecule has 0 radical (unpaired) electrons. The van der Waals surface area contributed by atoms with Crippen molar-refractivity contribution in [2.75, 3.05) is 6.54 Å². The van der Waals surface area contributed by atoms with Crippen molar-refractivity contribution in [2.24, 2.45) is 11.7 Å². The monoisotopic (exact) mass is 300 g/mol. The highest BCUT2D eigenvalue weighted by atomic mass is 19.4. The summed E-state index contributed by atoms with van der Waals surface area (Å²) in [5.74, 6) is -4.81. The largest absolute Gasteiger partial charge is 0.490 e. The molecule has 10 heteroatoms. The maximum atomic E-state index is 11.3. The van der Waals surface area contributed by atoms with Crippen LogP contribution in [0, 0.1) is 5.92 Å². The molecule has 0 aromatic rings. The summed E-state index contributed by atoms with van der Waals surface area (Å²) < 4.78 is 31.7. The van der Waals surface area contributed by atoms with Gasteiger partial charge in [0, 0.05) is 6.54 Å². The Morgan fingerprint density at radius 3 is 2.20 bits per heavy atom. The number of carbonyl (C=O) groups excluding carboxylic acids is 1. The lowest BCUT2D eigenvalue weighted by Crippen LogP contribution is -2.55. The number of halogens is 3. The van der Waals surface area contributed by atoms with Crippen LogP contribution in [0.15, 0.2) is 0 Å². The van der Waals surface area contributed by atoms with Gasteiger partial charge in [0.2, 0.25) is 5.91 Å². The fourth-order valence-corrected chi connectivity index (χ4v) is 1.49. The minimum absolute atomic E-state index is 0.276. The minimum Gasteiger partial charge on any atom is -0.480 e. The van der Waals surface area contributed by atoms with Crippen LogP contribution in [0.4, 0.5) is 13.2 Å². The van der Waals surface area contributed by atoms with Crippen LogP contribution < -0.4 is 11.1 Å². The van der Waals surface area contributed by atoms with Crippen molar-refractivity contribution < 1.29 is 37.8 Å². The molecule has 7 nitrogen and oxygen atoms in total. The molecule has 1 aliphatic heterocycles. The second kappa shape index (κ2) is 6.55. The van der Waals surface area contributed by atoms with Gasteiger partial charge in [0.1, 0.15) is 5.54 Å². The van der Waals surface area contributed by atoms with Gasteiger partial charge >= 0.3 is 18.1 Å². The number of carboxylic acids is 2. The predicted octanol–water partition coefficient (Wildman–Crippen LogP) is -0.0521. The van der Waals surface area contributed by atoms with Crippen molar-refractivity contribution in [3.63, 3.8) is 0 Å². The van der Waals surface area contributed by atoms with E-state index >= 15 is 0 Å². The Morgan fingerprint density at radius 2 is 1.85 bits per heavy atom. The van der Waals surface area contributed by atoms with E-state index in [0.717, 1.165) is 0 Å². The van der Waals surface area contributed by atoms with E-state index in [9.17, 15) is 22.8 Å². The van der Waals surface area contributed by atoms with Crippen LogP contribution in [0.3, 0.4) is 0 Å². The van der Waals surface area contributed by atoms with Crippen LogP contribution in [-0.4, -0.2) is 46.3 Å². The van der Waals surface area contributed by atoms with E-state index in [2.05, 4.69) is 5.32 Å². The van der Waals surface area contributed by atoms with Crippen LogP contribution in [0.1, 0.15) is 19.8 Å². The SMILES string of the molecule is C[C@@H]1C(=O)NCCC[C@@]1(N)C(=O)O.O=C(O)C(F)(F)F. The normalized spacial score (nSPS) is 26.6. The number of hydrogen-bond donors (Lipinski definition) is 4. The summed E-state index contributed by atoms with van der Waals surface area (Å²) in [5.41, 5.74) is 4.27. The summed E-state index contributed by atoms with van der Waals surface area (Å²) >= 11 is 0. The lowest BCUT2D eigenvalue weighted by Gasteiger charge is -2.27. The number of hydrogen-bond acceptors (Lipinski definition) is 4. The number of nitrogens with two attached hydrogens (primary N) is 1. The maximum Gasteiger partial charge on any atom is 0.490 e. The molecule has 0 aromatic heterocycles. The Morgan fingerprint density at radius 1 is 1.40 bits per heavy atom. The third-order valence-corrected chi connectivity index (χ3v) is 2.87. The Kier molecular flexibility index (Phi) is 5.95. The van der Waals surface area contributed by atoms with Gasteiger partial charge in [-0.05, 0) is 12.8 Å². The van der Waals surface area contributed by atoms with Gasteiger partial charge in [0.25, 0.3) is 0 Å². The summed E-state index contributed by atoms with van der Waals surface area (Å²) in [6.45, 7) is 2.06. The molecular formula is C10H15F3N2O5. The molecule has 0 unspecified atom stereocenters. The third kappa shape index (κ3) is 4.68. The molecule has 1 saturated heterocycles. The van der Waals surface area contributed by atoms with Crippen LogP contribution >= 0.6 is 0 Å². The first-order chi connectivity index (χ1) is 8.93. The number of rotatable bonds is 1. The molecule has 1 amide bonds. The van der Waals surface area contributed by atoms with Crippen LogP contribution in [0.2, 0.25) is 0 Å². The number of amides is 1. The number of nitrogens with one attached hydrogen (secondary N) is 1. The van der Waals surface area contributed by atoms with Gasteiger partial charge in [-0.3, -0.25) is 9.59 Å². The molecule has 20 heavy (non-hydrogen) atoms. The van der Waals surface area contributed by atoms with E-state index in [1.807, 2.05) is 0 Å². The lowest BCUT2D eigenvalue weighted by molar-refractivity contribution is -0.192. The number of aliphatic carboxylic acids is 2. The molecule has 1 fully saturated rings. The van der Waals surface area contributed by atoms with Crippen LogP contribution in [0.25, 0.3) is 0 Å². The lowest BCUT2D eigenvalue weighted by atomic mass is 9.83. The summed E-state index contributed by atoms with van der Waals surface area (Å²) in [5, 5.41) is 18.7. The minimum atomic E-state index is -5.08. The second-order valence-electron chi connectivity index (χ2n) is 4.26. The van der Waals surface area contributed by atoms with Crippen molar-refractivity contribution in [3.05, 3.63) is 0 Å². The van der Waals surface area contributed by atoms with E-state index in [-0.39, 0.29) is 5.91 Å². The Hall–Kier alpha value is -1.84. The summed E-state index contributed by atoms with van der Waals surface area (Å²) in [6.07, 6.45) is -4.14. The van der Waals surface area contributed by atoms with Gasteiger partial charge in [-0.25, -0.2) is 4.79 Å². The first-order valence-electron chi connectivity index (χ1n) is 5.53. The van der Waals surface area contributed by atoms with E-state index in [4.69, 9.17) is 20.7 Å². The highest BCUT2D eigenvalue weighted by Gasteiger charge is 2.44. The molecule has 1 aliphatic rings. The van der Waals surface area contributed by atoms with Crippen molar-refractivity contribution >= 4 is 17.8 Å². The molecular weight excluding hydrogens is 285 g/mol. The van der Waals surface area contributed by atoms with Gasteiger partial charge < -0.3 is 21.3 Å². The zero-order valence-corrected chi connectivity index (χ0v) is 10.5. The Labute approximate surface area is 111 Å². The average Bonchev–Trinajstić information content (AvgIpc) is 2.43. The zero-order valence-electron chi connectivity index (χ0n) is 10.5. The van der Waals surface area contributed by atoms with Crippen LogP contribution in [-0.2, 0) is 14.4 Å². The molecule has 5 N–H and O–H groups in total. The fourth-order valence-electron chi connectivity index (χ4n) is 1.49.